The molecule has 1 aromatic rings. The summed E-state index contributed by atoms with van der Waals surface area (Å²) in [5.74, 6) is 0.209. The molecule has 0 amide bonds. The fraction of sp³-hybridized carbons (Fsp3) is 0.417. The molecule has 4 nitrogen and oxygen atoms in total. The van der Waals surface area contributed by atoms with Crippen LogP contribution in [-0.4, -0.2) is 28.5 Å². The summed E-state index contributed by atoms with van der Waals surface area (Å²) in [6.45, 7) is 5.28. The van der Waals surface area contributed by atoms with Crippen molar-refractivity contribution < 1.29 is 5.21 Å². The van der Waals surface area contributed by atoms with E-state index in [0.29, 0.717) is 19.1 Å². The van der Waals surface area contributed by atoms with E-state index in [1.807, 2.05) is 24.3 Å². The topological polar surface area (TPSA) is 61.8 Å². The minimum absolute atomic E-state index is 0.209. The Morgan fingerprint density at radius 1 is 1.53 bits per heavy atom. The number of nitrogens with two attached hydrogens (primary N) is 1. The lowest BCUT2D eigenvalue weighted by atomic mass is 10.2. The lowest BCUT2D eigenvalue weighted by Crippen LogP contribution is -2.38. The maximum atomic E-state index is 8.59. The van der Waals surface area contributed by atoms with E-state index in [1.54, 1.807) is 0 Å². The molecule has 0 aliphatic heterocycles. The van der Waals surface area contributed by atoms with Crippen LogP contribution in [-0.2, 0) is 6.54 Å². The smallest absolute Gasteiger partial charge is 0.153 e. The Morgan fingerprint density at radius 3 is 2.76 bits per heavy atom. The molecular weight excluding hydrogens is 238 g/mol. The first kappa shape index (κ1) is 13.8. The van der Waals surface area contributed by atoms with Crippen molar-refractivity contribution in [1.29, 1.82) is 0 Å². The number of amidine groups is 1. The van der Waals surface area contributed by atoms with E-state index in [1.165, 1.54) is 0 Å². The number of nitrogens with zero attached hydrogens (tertiary/aromatic N) is 2. The highest BCUT2D eigenvalue weighted by Crippen LogP contribution is 2.13. The average molecular weight is 256 g/mol. The molecule has 0 atom stereocenters. The Hall–Kier alpha value is -1.26. The van der Waals surface area contributed by atoms with Gasteiger partial charge in [-0.15, -0.1) is 0 Å². The average Bonchev–Trinajstić information content (AvgIpc) is 2.27. The molecule has 1 rings (SSSR count). The number of rotatable bonds is 5. The monoisotopic (exact) mass is 255 g/mol. The van der Waals surface area contributed by atoms with E-state index in [2.05, 4.69) is 23.9 Å². The van der Waals surface area contributed by atoms with E-state index in [4.69, 9.17) is 22.5 Å². The van der Waals surface area contributed by atoms with Crippen molar-refractivity contribution in [2.75, 3.05) is 6.54 Å². The molecule has 0 aliphatic carbocycles. The van der Waals surface area contributed by atoms with Crippen LogP contribution in [0.15, 0.2) is 29.4 Å². The minimum Gasteiger partial charge on any atom is -0.409 e. The third-order valence-electron chi connectivity index (χ3n) is 2.50. The van der Waals surface area contributed by atoms with E-state index in [9.17, 15) is 0 Å². The molecule has 0 radical (unpaired) electrons. The van der Waals surface area contributed by atoms with Crippen LogP contribution in [0.2, 0.25) is 5.02 Å². The normalized spacial score (nSPS) is 12.4. The fourth-order valence-corrected chi connectivity index (χ4v) is 1.74. The zero-order valence-corrected chi connectivity index (χ0v) is 10.9. The lowest BCUT2D eigenvalue weighted by Gasteiger charge is -2.25. The molecule has 1 aromatic carbocycles. The van der Waals surface area contributed by atoms with Gasteiger partial charge in [0.25, 0.3) is 0 Å². The Balaban J connectivity index is 2.73. The first-order chi connectivity index (χ1) is 8.02. The van der Waals surface area contributed by atoms with Gasteiger partial charge >= 0.3 is 0 Å². The second-order valence-corrected chi connectivity index (χ2v) is 4.66. The maximum Gasteiger partial charge on any atom is 0.153 e. The third kappa shape index (κ3) is 4.63. The lowest BCUT2D eigenvalue weighted by molar-refractivity contribution is 0.238. The van der Waals surface area contributed by atoms with Crippen LogP contribution in [0.25, 0.3) is 0 Å². The molecule has 0 aromatic heterocycles. The first-order valence-electron chi connectivity index (χ1n) is 5.48. The number of benzene rings is 1. The van der Waals surface area contributed by atoms with Crippen molar-refractivity contribution in [2.24, 2.45) is 10.9 Å². The van der Waals surface area contributed by atoms with Crippen molar-refractivity contribution in [3.05, 3.63) is 34.9 Å². The fourth-order valence-electron chi connectivity index (χ4n) is 1.53. The quantitative estimate of drug-likeness (QED) is 0.367. The van der Waals surface area contributed by atoms with Gasteiger partial charge in [-0.25, -0.2) is 0 Å². The summed E-state index contributed by atoms with van der Waals surface area (Å²) in [5, 5.41) is 12.3. The molecule has 0 bridgehead atoms. The Labute approximate surface area is 107 Å². The second-order valence-electron chi connectivity index (χ2n) is 4.22. The van der Waals surface area contributed by atoms with Crippen molar-refractivity contribution in [3.63, 3.8) is 0 Å². The Morgan fingerprint density at radius 2 is 2.24 bits per heavy atom. The highest BCUT2D eigenvalue weighted by molar-refractivity contribution is 6.30. The molecular formula is C12H18ClN3O. The summed E-state index contributed by atoms with van der Waals surface area (Å²) in [5.41, 5.74) is 6.64. The summed E-state index contributed by atoms with van der Waals surface area (Å²) in [7, 11) is 0. The molecule has 94 valence electrons. The number of hydrogen-bond donors (Lipinski definition) is 2. The second kappa shape index (κ2) is 6.47. The van der Waals surface area contributed by atoms with Gasteiger partial charge in [0.2, 0.25) is 0 Å². The van der Waals surface area contributed by atoms with Crippen LogP contribution in [0.5, 0.6) is 0 Å². The van der Waals surface area contributed by atoms with Crippen LogP contribution in [0.4, 0.5) is 0 Å². The summed E-state index contributed by atoms with van der Waals surface area (Å²) in [6.07, 6.45) is 0. The zero-order chi connectivity index (χ0) is 12.8. The van der Waals surface area contributed by atoms with E-state index >= 15 is 0 Å². The predicted molar refractivity (Wildman–Crippen MR) is 70.4 cm³/mol. The van der Waals surface area contributed by atoms with Crippen LogP contribution in [0, 0.1) is 0 Å². The van der Waals surface area contributed by atoms with Crippen molar-refractivity contribution in [1.82, 2.24) is 4.90 Å². The SMILES string of the molecule is CC(C)N(CC(N)=NO)Cc1cccc(Cl)c1. The highest BCUT2D eigenvalue weighted by Gasteiger charge is 2.12. The highest BCUT2D eigenvalue weighted by atomic mass is 35.5. The van der Waals surface area contributed by atoms with E-state index in [-0.39, 0.29) is 5.84 Å². The number of oxime groups is 1. The number of halogens is 1. The first-order valence-corrected chi connectivity index (χ1v) is 5.85. The molecule has 5 heteroatoms. The van der Waals surface area contributed by atoms with Crippen LogP contribution in [0.3, 0.4) is 0 Å². The maximum absolute atomic E-state index is 8.59. The summed E-state index contributed by atoms with van der Waals surface area (Å²) in [6, 6.07) is 7.99. The molecule has 0 saturated carbocycles. The van der Waals surface area contributed by atoms with Gasteiger partial charge in [-0.2, -0.15) is 0 Å². The Kier molecular flexibility index (Phi) is 5.25. The van der Waals surface area contributed by atoms with Crippen molar-refractivity contribution in [3.8, 4) is 0 Å². The van der Waals surface area contributed by atoms with Gasteiger partial charge in [0.05, 0.1) is 6.54 Å². The Bertz CT molecular complexity index is 393. The van der Waals surface area contributed by atoms with Gasteiger partial charge in [-0.3, -0.25) is 4.90 Å². The molecule has 0 spiro atoms. The molecule has 0 fully saturated rings. The van der Waals surface area contributed by atoms with Crippen molar-refractivity contribution >= 4 is 17.4 Å². The van der Waals surface area contributed by atoms with Gasteiger partial charge in [-0.1, -0.05) is 28.9 Å². The van der Waals surface area contributed by atoms with Gasteiger partial charge in [0, 0.05) is 17.6 Å². The molecule has 0 aliphatic rings. The summed E-state index contributed by atoms with van der Waals surface area (Å²) in [4.78, 5) is 2.10. The molecule has 0 heterocycles. The van der Waals surface area contributed by atoms with Gasteiger partial charge < -0.3 is 10.9 Å². The van der Waals surface area contributed by atoms with Gasteiger partial charge in [0.1, 0.15) is 0 Å². The van der Waals surface area contributed by atoms with Crippen molar-refractivity contribution in [2.45, 2.75) is 26.4 Å². The van der Waals surface area contributed by atoms with Crippen LogP contribution < -0.4 is 5.73 Å². The zero-order valence-electron chi connectivity index (χ0n) is 10.1. The summed E-state index contributed by atoms with van der Waals surface area (Å²) < 4.78 is 0. The summed E-state index contributed by atoms with van der Waals surface area (Å²) >= 11 is 5.93. The number of hydrogen-bond acceptors (Lipinski definition) is 3. The largest absolute Gasteiger partial charge is 0.409 e. The molecule has 17 heavy (non-hydrogen) atoms. The van der Waals surface area contributed by atoms with Crippen LogP contribution in [0.1, 0.15) is 19.4 Å². The standard InChI is InChI=1S/C12H18ClN3O/c1-9(2)16(8-12(14)15-17)7-10-4-3-5-11(13)6-10/h3-6,9,17H,7-8H2,1-2H3,(H2,14,15). The van der Waals surface area contributed by atoms with Gasteiger partial charge in [-0.05, 0) is 31.5 Å². The van der Waals surface area contributed by atoms with E-state index < -0.39 is 0 Å². The van der Waals surface area contributed by atoms with Gasteiger partial charge in [0.15, 0.2) is 5.84 Å². The minimum atomic E-state index is 0.209. The predicted octanol–water partition coefficient (Wildman–Crippen LogP) is 2.30. The molecule has 0 unspecified atom stereocenters. The van der Waals surface area contributed by atoms with E-state index in [0.717, 1.165) is 10.6 Å². The third-order valence-corrected chi connectivity index (χ3v) is 2.73. The molecule has 3 N–H and O–H groups in total. The van der Waals surface area contributed by atoms with Crippen LogP contribution >= 0.6 is 11.6 Å². The molecule has 0 saturated heterocycles.